The first-order valence-corrected chi connectivity index (χ1v) is 10.8. The SMILES string of the molecule is O=C(CCc1nc2ccccc2s1)OCC(=O)N1CC[C@H]2CCCC[C@H]2C1. The number of likely N-dealkylation sites (tertiary alicyclic amines) is 1. The lowest BCUT2D eigenvalue weighted by Gasteiger charge is -2.41. The summed E-state index contributed by atoms with van der Waals surface area (Å²) < 4.78 is 6.36. The molecule has 1 aliphatic carbocycles. The molecule has 1 aliphatic heterocycles. The van der Waals surface area contributed by atoms with Crippen LogP contribution < -0.4 is 0 Å². The van der Waals surface area contributed by atoms with Crippen LogP contribution in [0.25, 0.3) is 10.2 Å². The Kier molecular flexibility index (Phi) is 5.72. The van der Waals surface area contributed by atoms with E-state index in [-0.39, 0.29) is 24.9 Å². The van der Waals surface area contributed by atoms with Gasteiger partial charge in [0, 0.05) is 19.5 Å². The summed E-state index contributed by atoms with van der Waals surface area (Å²) in [6.07, 6.45) is 7.08. The fourth-order valence-electron chi connectivity index (χ4n) is 4.37. The van der Waals surface area contributed by atoms with E-state index in [0.717, 1.165) is 40.7 Å². The Hall–Kier alpha value is -1.95. The molecule has 6 heteroatoms. The third-order valence-electron chi connectivity index (χ3n) is 5.88. The molecule has 1 saturated heterocycles. The van der Waals surface area contributed by atoms with Crippen LogP contribution in [0.2, 0.25) is 0 Å². The number of hydrogen-bond acceptors (Lipinski definition) is 5. The van der Waals surface area contributed by atoms with E-state index in [0.29, 0.717) is 12.3 Å². The first-order valence-electron chi connectivity index (χ1n) is 9.97. The molecular formula is C21H26N2O3S. The highest BCUT2D eigenvalue weighted by Crippen LogP contribution is 2.36. The molecule has 0 radical (unpaired) electrons. The van der Waals surface area contributed by atoms with Gasteiger partial charge in [-0.1, -0.05) is 31.4 Å². The summed E-state index contributed by atoms with van der Waals surface area (Å²) in [7, 11) is 0. The molecule has 0 N–H and O–H groups in total. The maximum atomic E-state index is 12.4. The van der Waals surface area contributed by atoms with Crippen LogP contribution in [-0.4, -0.2) is 41.5 Å². The summed E-state index contributed by atoms with van der Waals surface area (Å²) >= 11 is 1.60. The van der Waals surface area contributed by atoms with Crippen molar-refractivity contribution in [2.75, 3.05) is 19.7 Å². The van der Waals surface area contributed by atoms with Gasteiger partial charge in [0.25, 0.3) is 5.91 Å². The van der Waals surface area contributed by atoms with Crippen molar-refractivity contribution in [3.05, 3.63) is 29.3 Å². The molecule has 5 nitrogen and oxygen atoms in total. The van der Waals surface area contributed by atoms with Crippen LogP contribution in [0, 0.1) is 11.8 Å². The number of benzene rings is 1. The number of ether oxygens (including phenoxy) is 1. The van der Waals surface area contributed by atoms with Crippen LogP contribution in [0.15, 0.2) is 24.3 Å². The summed E-state index contributed by atoms with van der Waals surface area (Å²) in [4.78, 5) is 30.9. The molecule has 2 atom stereocenters. The Morgan fingerprint density at radius 2 is 1.96 bits per heavy atom. The second-order valence-electron chi connectivity index (χ2n) is 7.67. The minimum absolute atomic E-state index is 0.0487. The Balaban J connectivity index is 1.21. The quantitative estimate of drug-likeness (QED) is 0.733. The molecule has 1 amide bonds. The van der Waals surface area contributed by atoms with E-state index < -0.39 is 0 Å². The van der Waals surface area contributed by atoms with Gasteiger partial charge in [-0.05, 0) is 36.8 Å². The summed E-state index contributed by atoms with van der Waals surface area (Å²) in [5.41, 5.74) is 0.965. The van der Waals surface area contributed by atoms with Crippen LogP contribution in [0.1, 0.15) is 43.5 Å². The maximum absolute atomic E-state index is 12.4. The van der Waals surface area contributed by atoms with Gasteiger partial charge in [-0.25, -0.2) is 4.98 Å². The van der Waals surface area contributed by atoms with E-state index in [4.69, 9.17) is 4.74 Å². The van der Waals surface area contributed by atoms with Crippen molar-refractivity contribution >= 4 is 33.4 Å². The maximum Gasteiger partial charge on any atom is 0.306 e. The largest absolute Gasteiger partial charge is 0.456 e. The molecule has 2 aliphatic rings. The molecule has 1 aromatic carbocycles. The third kappa shape index (κ3) is 4.49. The fourth-order valence-corrected chi connectivity index (χ4v) is 5.34. The number of carbonyl (C=O) groups excluding carboxylic acids is 2. The van der Waals surface area contributed by atoms with Gasteiger partial charge in [0.1, 0.15) is 0 Å². The summed E-state index contributed by atoms with van der Waals surface area (Å²) in [5, 5.41) is 0.929. The number of fused-ring (bicyclic) bond motifs is 2. The summed E-state index contributed by atoms with van der Waals surface area (Å²) in [6.45, 7) is 1.52. The lowest BCUT2D eigenvalue weighted by atomic mass is 9.75. The van der Waals surface area contributed by atoms with Gasteiger partial charge in [0.05, 0.1) is 21.6 Å². The number of aryl methyl sites for hydroxylation is 1. The lowest BCUT2D eigenvalue weighted by Crippen LogP contribution is -2.46. The minimum atomic E-state index is -0.324. The van der Waals surface area contributed by atoms with E-state index in [2.05, 4.69) is 4.98 Å². The van der Waals surface area contributed by atoms with Gasteiger partial charge in [-0.2, -0.15) is 0 Å². The van der Waals surface area contributed by atoms with E-state index in [9.17, 15) is 9.59 Å². The number of hydrogen-bond donors (Lipinski definition) is 0. The molecule has 144 valence electrons. The predicted molar refractivity (Wildman–Crippen MR) is 106 cm³/mol. The van der Waals surface area contributed by atoms with Crippen LogP contribution in [-0.2, 0) is 20.7 Å². The zero-order valence-electron chi connectivity index (χ0n) is 15.6. The van der Waals surface area contributed by atoms with Crippen LogP contribution in [0.3, 0.4) is 0 Å². The van der Waals surface area contributed by atoms with Crippen molar-refractivity contribution in [1.29, 1.82) is 0 Å². The van der Waals surface area contributed by atoms with Gasteiger partial charge >= 0.3 is 5.97 Å². The van der Waals surface area contributed by atoms with Crippen molar-refractivity contribution in [3.63, 3.8) is 0 Å². The Labute approximate surface area is 163 Å². The highest BCUT2D eigenvalue weighted by Gasteiger charge is 2.33. The topological polar surface area (TPSA) is 59.5 Å². The van der Waals surface area contributed by atoms with Crippen molar-refractivity contribution in [2.45, 2.75) is 44.9 Å². The van der Waals surface area contributed by atoms with Gasteiger partial charge in [-0.15, -0.1) is 11.3 Å². The molecule has 0 unspecified atom stereocenters. The monoisotopic (exact) mass is 386 g/mol. The molecule has 1 aromatic heterocycles. The molecule has 27 heavy (non-hydrogen) atoms. The van der Waals surface area contributed by atoms with Gasteiger partial charge in [0.15, 0.2) is 6.61 Å². The predicted octanol–water partition coefficient (Wildman–Crippen LogP) is 3.81. The zero-order chi connectivity index (χ0) is 18.6. The Morgan fingerprint density at radius 3 is 2.81 bits per heavy atom. The number of thiazole rings is 1. The third-order valence-corrected chi connectivity index (χ3v) is 6.98. The molecule has 0 bridgehead atoms. The fraction of sp³-hybridized carbons (Fsp3) is 0.571. The number of amides is 1. The van der Waals surface area contributed by atoms with E-state index in [1.807, 2.05) is 29.2 Å². The standard InChI is InChI=1S/C21H26N2O3S/c24-20(23-12-11-15-5-1-2-6-16(15)13-23)14-26-21(25)10-9-19-22-17-7-3-4-8-18(17)27-19/h3-4,7-8,15-16H,1-2,5-6,9-14H2/t15-,16+/m1/s1. The minimum Gasteiger partial charge on any atom is -0.456 e. The molecule has 4 rings (SSSR count). The number of para-hydroxylation sites is 1. The Morgan fingerprint density at radius 1 is 1.15 bits per heavy atom. The lowest BCUT2D eigenvalue weighted by molar-refractivity contribution is -0.153. The highest BCUT2D eigenvalue weighted by atomic mass is 32.1. The molecular weight excluding hydrogens is 360 g/mol. The molecule has 2 aromatic rings. The smallest absolute Gasteiger partial charge is 0.306 e. The van der Waals surface area contributed by atoms with Crippen molar-refractivity contribution < 1.29 is 14.3 Å². The molecule has 2 heterocycles. The van der Waals surface area contributed by atoms with E-state index in [1.54, 1.807) is 11.3 Å². The average molecular weight is 387 g/mol. The van der Waals surface area contributed by atoms with Crippen molar-refractivity contribution in [1.82, 2.24) is 9.88 Å². The molecule has 1 saturated carbocycles. The van der Waals surface area contributed by atoms with Crippen LogP contribution in [0.4, 0.5) is 0 Å². The van der Waals surface area contributed by atoms with Crippen LogP contribution >= 0.6 is 11.3 Å². The first-order chi connectivity index (χ1) is 13.2. The molecule has 2 fully saturated rings. The average Bonchev–Trinajstić information content (AvgIpc) is 3.13. The Bertz CT molecular complexity index is 786. The van der Waals surface area contributed by atoms with Gasteiger partial charge < -0.3 is 9.64 Å². The number of esters is 1. The number of piperidine rings is 1. The number of rotatable bonds is 5. The van der Waals surface area contributed by atoms with Crippen molar-refractivity contribution in [2.24, 2.45) is 11.8 Å². The van der Waals surface area contributed by atoms with E-state index in [1.165, 1.54) is 25.7 Å². The normalized spacial score (nSPS) is 22.4. The zero-order valence-corrected chi connectivity index (χ0v) is 16.4. The first kappa shape index (κ1) is 18.4. The van der Waals surface area contributed by atoms with Crippen LogP contribution in [0.5, 0.6) is 0 Å². The molecule has 0 spiro atoms. The summed E-state index contributed by atoms with van der Waals surface area (Å²) in [6, 6.07) is 7.95. The van der Waals surface area contributed by atoms with E-state index >= 15 is 0 Å². The number of aromatic nitrogens is 1. The van der Waals surface area contributed by atoms with Gasteiger partial charge in [-0.3, -0.25) is 9.59 Å². The second-order valence-corrected chi connectivity index (χ2v) is 8.78. The van der Waals surface area contributed by atoms with Gasteiger partial charge in [0.2, 0.25) is 0 Å². The van der Waals surface area contributed by atoms with Crippen molar-refractivity contribution in [3.8, 4) is 0 Å². The number of carbonyl (C=O) groups is 2. The highest BCUT2D eigenvalue weighted by molar-refractivity contribution is 7.18. The second kappa shape index (κ2) is 8.38. The summed E-state index contributed by atoms with van der Waals surface area (Å²) in [5.74, 6) is 1.06. The number of nitrogens with zero attached hydrogens (tertiary/aromatic N) is 2.